The van der Waals surface area contributed by atoms with Crippen molar-refractivity contribution < 1.29 is 19.7 Å². The van der Waals surface area contributed by atoms with Crippen molar-refractivity contribution in [3.05, 3.63) is 35.4 Å². The number of carbonyl (C=O) groups is 1. The van der Waals surface area contributed by atoms with E-state index < -0.39 is 23.9 Å². The Morgan fingerprint density at radius 2 is 1.90 bits per heavy atom. The van der Waals surface area contributed by atoms with Gasteiger partial charge in [0.15, 0.2) is 0 Å². The summed E-state index contributed by atoms with van der Waals surface area (Å²) in [4.78, 5) is 11.5. The third-order valence-corrected chi connectivity index (χ3v) is 2.98. The maximum atomic E-state index is 11.5. The number of aliphatic hydroxyl groups excluding tert-OH is 2. The average molecular weight is 295 g/mol. The number of amides is 1. The van der Waals surface area contributed by atoms with E-state index in [1.807, 2.05) is 25.1 Å². The highest BCUT2D eigenvalue weighted by Gasteiger charge is 2.20. The van der Waals surface area contributed by atoms with Crippen molar-refractivity contribution in [1.29, 1.82) is 0 Å². The van der Waals surface area contributed by atoms with Gasteiger partial charge in [0.2, 0.25) is 0 Å². The van der Waals surface area contributed by atoms with E-state index in [1.165, 1.54) is 0 Å². The van der Waals surface area contributed by atoms with E-state index in [4.69, 9.17) is 4.74 Å². The summed E-state index contributed by atoms with van der Waals surface area (Å²) in [5.74, 6) is 0. The highest BCUT2D eigenvalue weighted by molar-refractivity contribution is 5.67. The Kier molecular flexibility index (Phi) is 6.18. The number of nitrogens with one attached hydrogen (secondary N) is 1. The van der Waals surface area contributed by atoms with Gasteiger partial charge in [0.25, 0.3) is 0 Å². The molecule has 0 aliphatic heterocycles. The van der Waals surface area contributed by atoms with E-state index in [2.05, 4.69) is 5.32 Å². The summed E-state index contributed by atoms with van der Waals surface area (Å²) in [5.41, 5.74) is 1.06. The van der Waals surface area contributed by atoms with Gasteiger partial charge in [0, 0.05) is 6.54 Å². The van der Waals surface area contributed by atoms with Crippen LogP contribution in [0.3, 0.4) is 0 Å². The molecule has 0 fully saturated rings. The Balaban J connectivity index is 2.42. The molecule has 21 heavy (non-hydrogen) atoms. The number of ether oxygens (including phenoxy) is 1. The van der Waals surface area contributed by atoms with Crippen LogP contribution >= 0.6 is 0 Å². The van der Waals surface area contributed by atoms with Crippen LogP contribution in [0, 0.1) is 6.92 Å². The molecule has 1 rings (SSSR count). The Hall–Kier alpha value is -1.59. The molecule has 1 aromatic carbocycles. The Bertz CT molecular complexity index is 468. The topological polar surface area (TPSA) is 78.8 Å². The Labute approximate surface area is 125 Å². The largest absolute Gasteiger partial charge is 0.444 e. The van der Waals surface area contributed by atoms with Crippen LogP contribution in [0.5, 0.6) is 0 Å². The predicted octanol–water partition coefficient (Wildman–Crippen LogP) is 2.30. The average Bonchev–Trinajstić information content (AvgIpc) is 2.36. The highest BCUT2D eigenvalue weighted by atomic mass is 16.6. The highest BCUT2D eigenvalue weighted by Crippen LogP contribution is 2.21. The van der Waals surface area contributed by atoms with Gasteiger partial charge in [0.05, 0.1) is 6.10 Å². The zero-order chi connectivity index (χ0) is 16.0. The van der Waals surface area contributed by atoms with Crippen LogP contribution in [0.2, 0.25) is 0 Å². The lowest BCUT2D eigenvalue weighted by molar-refractivity contribution is 0.0119. The fourth-order valence-corrected chi connectivity index (χ4v) is 1.92. The lowest BCUT2D eigenvalue weighted by atomic mass is 9.98. The van der Waals surface area contributed by atoms with Crippen molar-refractivity contribution >= 4 is 6.09 Å². The molecule has 5 heteroatoms. The predicted molar refractivity (Wildman–Crippen MR) is 81.0 cm³/mol. The van der Waals surface area contributed by atoms with Crippen molar-refractivity contribution in [1.82, 2.24) is 5.32 Å². The van der Waals surface area contributed by atoms with Crippen molar-refractivity contribution in [2.75, 3.05) is 6.54 Å². The molecule has 0 bridgehead atoms. The molecule has 2 unspecified atom stereocenters. The number of hydrogen-bond donors (Lipinski definition) is 3. The fraction of sp³-hybridized carbons (Fsp3) is 0.562. The Morgan fingerprint density at radius 1 is 1.29 bits per heavy atom. The molecule has 0 heterocycles. The first-order valence-electron chi connectivity index (χ1n) is 7.09. The maximum absolute atomic E-state index is 11.5. The first-order chi connectivity index (χ1) is 9.70. The molecular formula is C16H25NO4. The number of alkyl carbamates (subject to hydrolysis) is 1. The standard InChI is InChI=1S/C16H25NO4/c1-11-7-5-6-8-12(11)14(19)13(18)9-10-17-15(20)21-16(2,3)4/h5-8,13-14,18-19H,9-10H2,1-4H3,(H,17,20). The van der Waals surface area contributed by atoms with Gasteiger partial charge in [-0.25, -0.2) is 4.79 Å². The minimum Gasteiger partial charge on any atom is -0.444 e. The molecule has 1 aromatic rings. The van der Waals surface area contributed by atoms with Crippen molar-refractivity contribution in [3.63, 3.8) is 0 Å². The first kappa shape index (κ1) is 17.5. The molecule has 5 nitrogen and oxygen atoms in total. The molecular weight excluding hydrogens is 270 g/mol. The van der Waals surface area contributed by atoms with E-state index in [1.54, 1.807) is 26.8 Å². The molecule has 0 radical (unpaired) electrons. The summed E-state index contributed by atoms with van der Waals surface area (Å²) < 4.78 is 5.09. The van der Waals surface area contributed by atoms with Crippen LogP contribution in [0.4, 0.5) is 4.79 Å². The second-order valence-corrected chi connectivity index (χ2v) is 6.09. The summed E-state index contributed by atoms with van der Waals surface area (Å²) in [6.07, 6.45) is -2.19. The number of aliphatic hydroxyl groups is 2. The Morgan fingerprint density at radius 3 is 2.48 bits per heavy atom. The van der Waals surface area contributed by atoms with Crippen molar-refractivity contribution in [2.45, 2.75) is 51.9 Å². The molecule has 0 aromatic heterocycles. The lowest BCUT2D eigenvalue weighted by Gasteiger charge is -2.22. The van der Waals surface area contributed by atoms with E-state index in [0.717, 1.165) is 5.56 Å². The molecule has 0 aliphatic carbocycles. The number of carbonyl (C=O) groups excluding carboxylic acids is 1. The normalized spacial score (nSPS) is 14.4. The monoisotopic (exact) mass is 295 g/mol. The SMILES string of the molecule is Cc1ccccc1C(O)C(O)CCNC(=O)OC(C)(C)C. The van der Waals surface area contributed by atoms with Crippen LogP contribution in [0.1, 0.15) is 44.4 Å². The van der Waals surface area contributed by atoms with Gasteiger partial charge >= 0.3 is 6.09 Å². The minimum absolute atomic E-state index is 0.235. The quantitative estimate of drug-likeness (QED) is 0.779. The molecule has 1 amide bonds. The van der Waals surface area contributed by atoms with E-state index in [0.29, 0.717) is 5.56 Å². The number of aryl methyl sites for hydroxylation is 1. The molecule has 2 atom stereocenters. The molecule has 0 aliphatic rings. The third kappa shape index (κ3) is 6.14. The summed E-state index contributed by atoms with van der Waals surface area (Å²) in [6.45, 7) is 7.46. The first-order valence-corrected chi connectivity index (χ1v) is 7.09. The molecule has 3 N–H and O–H groups in total. The minimum atomic E-state index is -0.966. The third-order valence-electron chi connectivity index (χ3n) is 2.98. The fourth-order valence-electron chi connectivity index (χ4n) is 1.92. The maximum Gasteiger partial charge on any atom is 0.407 e. The van der Waals surface area contributed by atoms with Gasteiger partial charge in [-0.05, 0) is 45.2 Å². The van der Waals surface area contributed by atoms with E-state index in [9.17, 15) is 15.0 Å². The van der Waals surface area contributed by atoms with Crippen LogP contribution < -0.4 is 5.32 Å². The second kappa shape index (κ2) is 7.43. The van der Waals surface area contributed by atoms with Gasteiger partial charge in [0.1, 0.15) is 11.7 Å². The number of rotatable bonds is 5. The van der Waals surface area contributed by atoms with Crippen molar-refractivity contribution in [2.24, 2.45) is 0 Å². The summed E-state index contributed by atoms with van der Waals surface area (Å²) in [5, 5.41) is 22.7. The van der Waals surface area contributed by atoms with E-state index in [-0.39, 0.29) is 13.0 Å². The number of hydrogen-bond acceptors (Lipinski definition) is 4. The molecule has 0 saturated carbocycles. The summed E-state index contributed by atoms with van der Waals surface area (Å²) >= 11 is 0. The molecule has 0 saturated heterocycles. The van der Waals surface area contributed by atoms with Crippen LogP contribution in [-0.4, -0.2) is 34.6 Å². The van der Waals surface area contributed by atoms with Crippen LogP contribution in [-0.2, 0) is 4.74 Å². The summed E-state index contributed by atoms with van der Waals surface area (Å²) in [7, 11) is 0. The zero-order valence-electron chi connectivity index (χ0n) is 13.1. The lowest BCUT2D eigenvalue weighted by Crippen LogP contribution is -2.34. The second-order valence-electron chi connectivity index (χ2n) is 6.09. The van der Waals surface area contributed by atoms with Gasteiger partial charge in [-0.1, -0.05) is 24.3 Å². The van der Waals surface area contributed by atoms with Gasteiger partial charge < -0.3 is 20.3 Å². The number of benzene rings is 1. The van der Waals surface area contributed by atoms with Crippen LogP contribution in [0.15, 0.2) is 24.3 Å². The molecule has 118 valence electrons. The van der Waals surface area contributed by atoms with Gasteiger partial charge in [-0.2, -0.15) is 0 Å². The molecule has 0 spiro atoms. The van der Waals surface area contributed by atoms with Gasteiger partial charge in [-0.15, -0.1) is 0 Å². The zero-order valence-corrected chi connectivity index (χ0v) is 13.1. The van der Waals surface area contributed by atoms with Crippen LogP contribution in [0.25, 0.3) is 0 Å². The smallest absolute Gasteiger partial charge is 0.407 e. The van der Waals surface area contributed by atoms with Gasteiger partial charge in [-0.3, -0.25) is 0 Å². The van der Waals surface area contributed by atoms with E-state index >= 15 is 0 Å². The van der Waals surface area contributed by atoms with Crippen molar-refractivity contribution in [3.8, 4) is 0 Å². The summed E-state index contributed by atoms with van der Waals surface area (Å²) in [6, 6.07) is 7.36.